The number of halogens is 2. The quantitative estimate of drug-likeness (QED) is 0.871. The zero-order valence-electron chi connectivity index (χ0n) is 7.89. The molecule has 2 aromatic rings. The van der Waals surface area contributed by atoms with Gasteiger partial charge in [-0.3, -0.25) is 0 Å². The van der Waals surface area contributed by atoms with Crippen molar-refractivity contribution >= 4 is 35.3 Å². The zero-order chi connectivity index (χ0) is 9.97. The third kappa shape index (κ3) is 2.73. The summed E-state index contributed by atoms with van der Waals surface area (Å²) in [6.45, 7) is 0. The smallest absolute Gasteiger partial charge is 0.0574 e. The van der Waals surface area contributed by atoms with E-state index >= 15 is 0 Å². The molecule has 2 N–H and O–H groups in total. The van der Waals surface area contributed by atoms with Gasteiger partial charge in [-0.25, -0.2) is 0 Å². The molecule has 0 saturated carbocycles. The second-order valence-corrected chi connectivity index (χ2v) is 4.24. The summed E-state index contributed by atoms with van der Waals surface area (Å²) in [5, 5.41) is 4.80. The third-order valence-corrected chi connectivity index (χ3v) is 3.19. The Kier molecular flexibility index (Phi) is 4.61. The molecule has 1 nitrogen and oxygen atoms in total. The monoisotopic (exact) mass is 259 g/mol. The Morgan fingerprint density at radius 1 is 1.20 bits per heavy atom. The van der Waals surface area contributed by atoms with Crippen LogP contribution in [0.3, 0.4) is 0 Å². The van der Waals surface area contributed by atoms with Gasteiger partial charge in [0.15, 0.2) is 0 Å². The number of nitrogens with two attached hydrogens (primary N) is 1. The normalized spacial score (nSPS) is 11.9. The highest BCUT2D eigenvalue weighted by Crippen LogP contribution is 2.27. The van der Waals surface area contributed by atoms with Gasteiger partial charge in [-0.1, -0.05) is 29.8 Å². The van der Waals surface area contributed by atoms with Gasteiger partial charge in [0.2, 0.25) is 0 Å². The van der Waals surface area contributed by atoms with Gasteiger partial charge < -0.3 is 5.73 Å². The molecular weight excluding hydrogens is 249 g/mol. The summed E-state index contributed by atoms with van der Waals surface area (Å²) in [5.41, 5.74) is 8.18. The lowest BCUT2D eigenvalue weighted by molar-refractivity contribution is 0.877. The van der Waals surface area contributed by atoms with Crippen molar-refractivity contribution in [2.75, 3.05) is 0 Å². The molecule has 80 valence electrons. The highest BCUT2D eigenvalue weighted by atomic mass is 35.5. The van der Waals surface area contributed by atoms with E-state index in [1.165, 1.54) is 0 Å². The summed E-state index contributed by atoms with van der Waals surface area (Å²) in [7, 11) is 0. The van der Waals surface area contributed by atoms with Gasteiger partial charge in [-0.2, -0.15) is 11.3 Å². The fraction of sp³-hybridized carbons (Fsp3) is 0.0909. The standard InChI is InChI=1S/C11H10ClNS.ClH/c12-10-4-2-1-3-9(10)11(13)8-5-6-14-7-8;/h1-7,11H,13H2;1H/t11-;/m1./s1. The van der Waals surface area contributed by atoms with Crippen molar-refractivity contribution in [1.29, 1.82) is 0 Å². The molecule has 0 fully saturated rings. The molecule has 0 aliphatic carbocycles. The van der Waals surface area contributed by atoms with Gasteiger partial charge >= 0.3 is 0 Å². The molecule has 0 bridgehead atoms. The molecule has 0 amide bonds. The van der Waals surface area contributed by atoms with Crippen molar-refractivity contribution in [3.8, 4) is 0 Å². The molecule has 1 aromatic heterocycles. The summed E-state index contributed by atoms with van der Waals surface area (Å²) in [6.07, 6.45) is 0. The lowest BCUT2D eigenvalue weighted by atomic mass is 10.0. The van der Waals surface area contributed by atoms with Crippen LogP contribution in [0.25, 0.3) is 0 Å². The molecule has 1 atom stereocenters. The number of thiophene rings is 1. The van der Waals surface area contributed by atoms with Crippen molar-refractivity contribution in [1.82, 2.24) is 0 Å². The summed E-state index contributed by atoms with van der Waals surface area (Å²) >= 11 is 7.70. The van der Waals surface area contributed by atoms with Crippen molar-refractivity contribution in [3.05, 3.63) is 57.2 Å². The third-order valence-electron chi connectivity index (χ3n) is 2.14. The second-order valence-electron chi connectivity index (χ2n) is 3.06. The van der Waals surface area contributed by atoms with E-state index in [0.717, 1.165) is 16.1 Å². The van der Waals surface area contributed by atoms with E-state index in [1.54, 1.807) is 11.3 Å². The number of rotatable bonds is 2. The van der Waals surface area contributed by atoms with Crippen LogP contribution in [-0.4, -0.2) is 0 Å². The number of hydrogen-bond donors (Lipinski definition) is 1. The molecular formula is C11H11Cl2NS. The Balaban J connectivity index is 0.00000112. The van der Waals surface area contributed by atoms with Gasteiger partial charge in [0, 0.05) is 5.02 Å². The Morgan fingerprint density at radius 3 is 2.53 bits per heavy atom. The second kappa shape index (κ2) is 5.52. The summed E-state index contributed by atoms with van der Waals surface area (Å²) in [4.78, 5) is 0. The van der Waals surface area contributed by atoms with Gasteiger partial charge in [-0.15, -0.1) is 12.4 Å². The molecule has 2 rings (SSSR count). The minimum Gasteiger partial charge on any atom is -0.320 e. The van der Waals surface area contributed by atoms with E-state index in [-0.39, 0.29) is 18.4 Å². The predicted octanol–water partition coefficient (Wildman–Crippen LogP) is 3.87. The number of benzene rings is 1. The largest absolute Gasteiger partial charge is 0.320 e. The van der Waals surface area contributed by atoms with Gasteiger partial charge in [0.25, 0.3) is 0 Å². The van der Waals surface area contributed by atoms with Crippen molar-refractivity contribution in [3.63, 3.8) is 0 Å². The van der Waals surface area contributed by atoms with E-state index in [0.29, 0.717) is 0 Å². The summed E-state index contributed by atoms with van der Waals surface area (Å²) in [6, 6.07) is 9.60. The average Bonchev–Trinajstić information content (AvgIpc) is 2.70. The molecule has 15 heavy (non-hydrogen) atoms. The van der Waals surface area contributed by atoms with Crippen LogP contribution in [0, 0.1) is 0 Å². The first-order valence-electron chi connectivity index (χ1n) is 4.31. The molecule has 0 spiro atoms. The van der Waals surface area contributed by atoms with Gasteiger partial charge in [-0.05, 0) is 34.0 Å². The molecule has 0 saturated heterocycles. The first-order chi connectivity index (χ1) is 6.79. The van der Waals surface area contributed by atoms with E-state index in [1.807, 2.05) is 41.1 Å². The van der Waals surface area contributed by atoms with Crippen LogP contribution in [0.2, 0.25) is 5.02 Å². The highest BCUT2D eigenvalue weighted by molar-refractivity contribution is 7.08. The number of hydrogen-bond acceptors (Lipinski definition) is 2. The Hall–Kier alpha value is -0.540. The Bertz CT molecular complexity index is 414. The van der Waals surface area contributed by atoms with Crippen LogP contribution in [0.1, 0.15) is 17.2 Å². The van der Waals surface area contributed by atoms with Crippen LogP contribution in [0.15, 0.2) is 41.1 Å². The van der Waals surface area contributed by atoms with E-state index < -0.39 is 0 Å². The predicted molar refractivity (Wildman–Crippen MR) is 69.0 cm³/mol. The molecule has 1 heterocycles. The van der Waals surface area contributed by atoms with Crippen molar-refractivity contribution < 1.29 is 0 Å². The van der Waals surface area contributed by atoms with Crippen LogP contribution < -0.4 is 5.73 Å². The fourth-order valence-corrected chi connectivity index (χ4v) is 2.31. The lowest BCUT2D eigenvalue weighted by Gasteiger charge is -2.11. The lowest BCUT2D eigenvalue weighted by Crippen LogP contribution is -2.11. The molecule has 0 aliphatic heterocycles. The van der Waals surface area contributed by atoms with Crippen LogP contribution in [0.4, 0.5) is 0 Å². The van der Waals surface area contributed by atoms with Crippen LogP contribution >= 0.6 is 35.3 Å². The van der Waals surface area contributed by atoms with Gasteiger partial charge in [0.1, 0.15) is 0 Å². The molecule has 0 unspecified atom stereocenters. The first-order valence-corrected chi connectivity index (χ1v) is 5.63. The molecule has 1 aromatic carbocycles. The van der Waals surface area contributed by atoms with Crippen LogP contribution in [0.5, 0.6) is 0 Å². The van der Waals surface area contributed by atoms with Gasteiger partial charge in [0.05, 0.1) is 6.04 Å². The Morgan fingerprint density at radius 2 is 1.93 bits per heavy atom. The Labute approximate surface area is 104 Å². The summed E-state index contributed by atoms with van der Waals surface area (Å²) in [5.74, 6) is 0. The molecule has 0 radical (unpaired) electrons. The SMILES string of the molecule is Cl.N[C@H](c1ccsc1)c1ccccc1Cl. The molecule has 4 heteroatoms. The van der Waals surface area contributed by atoms with E-state index in [9.17, 15) is 0 Å². The maximum absolute atomic E-state index is 6.08. The highest BCUT2D eigenvalue weighted by Gasteiger charge is 2.11. The van der Waals surface area contributed by atoms with Crippen LogP contribution in [-0.2, 0) is 0 Å². The van der Waals surface area contributed by atoms with E-state index in [4.69, 9.17) is 17.3 Å². The minimum atomic E-state index is -0.116. The molecule has 0 aliphatic rings. The maximum Gasteiger partial charge on any atom is 0.0574 e. The minimum absolute atomic E-state index is 0. The fourth-order valence-electron chi connectivity index (χ4n) is 1.36. The van der Waals surface area contributed by atoms with Crippen molar-refractivity contribution in [2.24, 2.45) is 5.73 Å². The van der Waals surface area contributed by atoms with E-state index in [2.05, 4.69) is 0 Å². The maximum atomic E-state index is 6.08. The zero-order valence-corrected chi connectivity index (χ0v) is 10.3. The summed E-state index contributed by atoms with van der Waals surface area (Å²) < 4.78 is 0. The van der Waals surface area contributed by atoms with Crippen molar-refractivity contribution in [2.45, 2.75) is 6.04 Å². The topological polar surface area (TPSA) is 26.0 Å². The first kappa shape index (κ1) is 12.5. The average molecular weight is 260 g/mol.